The Morgan fingerprint density at radius 3 is 2.31 bits per heavy atom. The summed E-state index contributed by atoms with van der Waals surface area (Å²) in [7, 11) is 0. The smallest absolute Gasteiger partial charge is 0.314 e. The van der Waals surface area contributed by atoms with Gasteiger partial charge in [-0.1, -0.05) is 60.7 Å². The van der Waals surface area contributed by atoms with Gasteiger partial charge in [0.15, 0.2) is 0 Å². The third-order valence-electron chi connectivity index (χ3n) is 3.83. The van der Waals surface area contributed by atoms with Gasteiger partial charge in [-0.3, -0.25) is 4.90 Å². The fourth-order valence-electron chi connectivity index (χ4n) is 2.55. The zero-order valence-corrected chi connectivity index (χ0v) is 14.2. The molecule has 0 atom stereocenters. The van der Waals surface area contributed by atoms with E-state index in [4.69, 9.17) is 0 Å². The van der Waals surface area contributed by atoms with Crippen molar-refractivity contribution in [2.45, 2.75) is 6.54 Å². The van der Waals surface area contributed by atoms with Crippen LogP contribution in [0.5, 0.6) is 0 Å². The maximum atomic E-state index is 13.2. The second-order valence-corrected chi connectivity index (χ2v) is 5.75. The molecular formula is C22H19FN2O. The van der Waals surface area contributed by atoms with Gasteiger partial charge in [0.05, 0.1) is 6.54 Å². The maximum Gasteiger partial charge on any atom is 0.326 e. The molecule has 4 heteroatoms. The van der Waals surface area contributed by atoms with Gasteiger partial charge in [0.2, 0.25) is 0 Å². The molecule has 3 nitrogen and oxygen atoms in total. The molecule has 0 fully saturated rings. The third kappa shape index (κ3) is 4.80. The molecule has 0 saturated carbocycles. The molecule has 0 unspecified atom stereocenters. The predicted molar refractivity (Wildman–Crippen MR) is 103 cm³/mol. The maximum absolute atomic E-state index is 13.2. The van der Waals surface area contributed by atoms with Crippen LogP contribution in [0, 0.1) is 5.82 Å². The second kappa shape index (κ2) is 8.62. The molecule has 0 radical (unpaired) electrons. The van der Waals surface area contributed by atoms with Crippen molar-refractivity contribution in [2.75, 3.05) is 4.90 Å². The summed E-state index contributed by atoms with van der Waals surface area (Å²) in [4.78, 5) is 14.4. The first-order chi connectivity index (χ1) is 12.7. The van der Waals surface area contributed by atoms with Crippen LogP contribution in [0.3, 0.4) is 0 Å². The van der Waals surface area contributed by atoms with E-state index in [1.807, 2.05) is 60.7 Å². The largest absolute Gasteiger partial charge is 0.326 e. The monoisotopic (exact) mass is 346 g/mol. The number of nitrogens with one attached hydrogen (secondary N) is 1. The van der Waals surface area contributed by atoms with Crippen LogP contribution < -0.4 is 10.2 Å². The normalized spacial score (nSPS) is 10.7. The highest BCUT2D eigenvalue weighted by atomic mass is 19.1. The first-order valence-corrected chi connectivity index (χ1v) is 8.31. The van der Waals surface area contributed by atoms with Gasteiger partial charge < -0.3 is 5.32 Å². The van der Waals surface area contributed by atoms with Gasteiger partial charge in [-0.25, -0.2) is 9.18 Å². The molecule has 1 N–H and O–H groups in total. The van der Waals surface area contributed by atoms with Crippen molar-refractivity contribution in [1.29, 1.82) is 0 Å². The summed E-state index contributed by atoms with van der Waals surface area (Å²) in [6, 6.07) is 25.2. The molecule has 2 amide bonds. The highest BCUT2D eigenvalue weighted by Crippen LogP contribution is 2.17. The predicted octanol–water partition coefficient (Wildman–Crippen LogP) is 5.21. The number of benzene rings is 3. The fourth-order valence-corrected chi connectivity index (χ4v) is 2.55. The Labute approximate surface area is 152 Å². The summed E-state index contributed by atoms with van der Waals surface area (Å²) in [5, 5.41) is 2.75. The lowest BCUT2D eigenvalue weighted by molar-refractivity contribution is 0.249. The van der Waals surface area contributed by atoms with Crippen molar-refractivity contribution < 1.29 is 9.18 Å². The molecule has 3 aromatic carbocycles. The number of urea groups is 1. The van der Waals surface area contributed by atoms with E-state index >= 15 is 0 Å². The first kappa shape index (κ1) is 17.4. The standard InChI is InChI=1S/C22H19FN2O/c23-20-11-7-10-18(16-20)14-15-24-22(26)25(21-12-5-2-6-13-21)17-19-8-3-1-4-9-19/h1-16H,17H2,(H,24,26)/b15-14+. The number of carbonyl (C=O) groups is 1. The molecule has 0 aliphatic rings. The number of carbonyl (C=O) groups excluding carboxylic acids is 1. The van der Waals surface area contributed by atoms with Gasteiger partial charge in [0.1, 0.15) is 5.82 Å². The number of anilines is 1. The number of para-hydroxylation sites is 1. The lowest BCUT2D eigenvalue weighted by atomic mass is 10.2. The van der Waals surface area contributed by atoms with Gasteiger partial charge in [-0.15, -0.1) is 0 Å². The highest BCUT2D eigenvalue weighted by molar-refractivity contribution is 5.92. The van der Waals surface area contributed by atoms with Crippen LogP contribution in [-0.2, 0) is 6.54 Å². The molecule has 0 bridgehead atoms. The summed E-state index contributed by atoms with van der Waals surface area (Å²) in [5.74, 6) is -0.312. The molecule has 26 heavy (non-hydrogen) atoms. The quantitative estimate of drug-likeness (QED) is 0.675. The summed E-state index contributed by atoms with van der Waals surface area (Å²) in [6.45, 7) is 0.449. The molecule has 0 aliphatic carbocycles. The van der Waals surface area contributed by atoms with Crippen LogP contribution in [0.2, 0.25) is 0 Å². The molecule has 3 rings (SSSR count). The van der Waals surface area contributed by atoms with Gasteiger partial charge in [-0.05, 0) is 41.5 Å². The van der Waals surface area contributed by atoms with Crippen LogP contribution in [0.4, 0.5) is 14.9 Å². The van der Waals surface area contributed by atoms with Gasteiger partial charge in [-0.2, -0.15) is 0 Å². The second-order valence-electron chi connectivity index (χ2n) is 5.75. The van der Waals surface area contributed by atoms with E-state index in [-0.39, 0.29) is 11.8 Å². The Bertz CT molecular complexity index is 879. The summed E-state index contributed by atoms with van der Waals surface area (Å²) in [5.41, 5.74) is 2.51. The average molecular weight is 346 g/mol. The highest BCUT2D eigenvalue weighted by Gasteiger charge is 2.14. The van der Waals surface area contributed by atoms with Crippen molar-refractivity contribution in [3.8, 4) is 0 Å². The van der Waals surface area contributed by atoms with E-state index in [0.717, 1.165) is 11.3 Å². The Morgan fingerprint density at radius 1 is 0.923 bits per heavy atom. The van der Waals surface area contributed by atoms with Gasteiger partial charge in [0.25, 0.3) is 0 Å². The lowest BCUT2D eigenvalue weighted by Gasteiger charge is -2.22. The van der Waals surface area contributed by atoms with Crippen molar-refractivity contribution in [3.63, 3.8) is 0 Å². The van der Waals surface area contributed by atoms with E-state index in [1.54, 1.807) is 23.1 Å². The topological polar surface area (TPSA) is 32.3 Å². The molecular weight excluding hydrogens is 327 g/mol. The van der Waals surface area contributed by atoms with Crippen LogP contribution in [-0.4, -0.2) is 6.03 Å². The molecule has 0 aromatic heterocycles. The first-order valence-electron chi connectivity index (χ1n) is 8.31. The number of rotatable bonds is 5. The van der Waals surface area contributed by atoms with Crippen molar-refractivity contribution in [1.82, 2.24) is 5.32 Å². The Balaban J connectivity index is 1.74. The molecule has 130 valence electrons. The lowest BCUT2D eigenvalue weighted by Crippen LogP contribution is -2.37. The summed E-state index contributed by atoms with van der Waals surface area (Å²) >= 11 is 0. The average Bonchev–Trinajstić information content (AvgIpc) is 2.67. The van der Waals surface area contributed by atoms with E-state index in [2.05, 4.69) is 5.32 Å². The third-order valence-corrected chi connectivity index (χ3v) is 3.83. The fraction of sp³-hybridized carbons (Fsp3) is 0.0455. The Kier molecular flexibility index (Phi) is 5.78. The zero-order valence-electron chi connectivity index (χ0n) is 14.2. The van der Waals surface area contributed by atoms with Crippen molar-refractivity contribution in [3.05, 3.63) is 108 Å². The summed E-state index contributed by atoms with van der Waals surface area (Å²) < 4.78 is 13.2. The number of amides is 2. The minimum Gasteiger partial charge on any atom is -0.314 e. The van der Waals surface area contributed by atoms with E-state index in [0.29, 0.717) is 12.1 Å². The Morgan fingerprint density at radius 2 is 1.62 bits per heavy atom. The van der Waals surface area contributed by atoms with E-state index in [9.17, 15) is 9.18 Å². The number of halogens is 1. The minimum atomic E-state index is -0.312. The van der Waals surface area contributed by atoms with Crippen molar-refractivity contribution in [2.24, 2.45) is 0 Å². The van der Waals surface area contributed by atoms with Crippen LogP contribution in [0.15, 0.2) is 91.1 Å². The van der Waals surface area contributed by atoms with Crippen LogP contribution in [0.1, 0.15) is 11.1 Å². The SMILES string of the molecule is O=C(N/C=C/c1cccc(F)c1)N(Cc1ccccc1)c1ccccc1. The molecule has 0 saturated heterocycles. The zero-order chi connectivity index (χ0) is 18.2. The van der Waals surface area contributed by atoms with Crippen LogP contribution in [0.25, 0.3) is 6.08 Å². The van der Waals surface area contributed by atoms with Crippen molar-refractivity contribution >= 4 is 17.8 Å². The minimum absolute atomic E-state index is 0.257. The Hall–Kier alpha value is -3.40. The molecule has 0 spiro atoms. The van der Waals surface area contributed by atoms with E-state index < -0.39 is 0 Å². The number of nitrogens with zero attached hydrogens (tertiary/aromatic N) is 1. The number of hydrogen-bond acceptors (Lipinski definition) is 1. The molecule has 0 heterocycles. The molecule has 3 aromatic rings. The molecule has 0 aliphatic heterocycles. The van der Waals surface area contributed by atoms with Gasteiger partial charge in [0, 0.05) is 11.9 Å². The van der Waals surface area contributed by atoms with Gasteiger partial charge >= 0.3 is 6.03 Å². The summed E-state index contributed by atoms with van der Waals surface area (Å²) in [6.07, 6.45) is 3.19. The number of hydrogen-bond donors (Lipinski definition) is 1. The van der Waals surface area contributed by atoms with E-state index in [1.165, 1.54) is 18.3 Å². The van der Waals surface area contributed by atoms with Crippen LogP contribution >= 0.6 is 0 Å².